The van der Waals surface area contributed by atoms with Crippen LogP contribution in [0.2, 0.25) is 0 Å². The van der Waals surface area contributed by atoms with Gasteiger partial charge in [0, 0.05) is 12.0 Å². The largest absolute Gasteiger partial charge is 0.497 e. The maximum absolute atomic E-state index is 11.2. The topological polar surface area (TPSA) is 26.3 Å². The van der Waals surface area contributed by atoms with Crippen LogP contribution in [-0.4, -0.2) is 12.9 Å². The van der Waals surface area contributed by atoms with Crippen LogP contribution in [0, 0.1) is 0 Å². The van der Waals surface area contributed by atoms with Gasteiger partial charge in [0.05, 0.1) is 7.11 Å². The average Bonchev–Trinajstić information content (AvgIpc) is 2.38. The van der Waals surface area contributed by atoms with Gasteiger partial charge in [-0.05, 0) is 24.3 Å². The molecule has 0 aliphatic heterocycles. The van der Waals surface area contributed by atoms with Crippen molar-refractivity contribution in [2.24, 2.45) is 0 Å². The molecule has 0 fully saturated rings. The van der Waals surface area contributed by atoms with E-state index >= 15 is 0 Å². The van der Waals surface area contributed by atoms with Crippen molar-refractivity contribution in [1.29, 1.82) is 0 Å². The number of hydrogen-bond donors (Lipinski definition) is 0. The zero-order valence-electron chi connectivity index (χ0n) is 10.7. The van der Waals surface area contributed by atoms with E-state index in [9.17, 15) is 4.79 Å². The Hall–Kier alpha value is -1.31. The molecule has 0 heterocycles. The van der Waals surface area contributed by atoms with E-state index in [2.05, 4.69) is 13.8 Å². The van der Waals surface area contributed by atoms with Crippen molar-refractivity contribution in [2.45, 2.75) is 40.0 Å². The quantitative estimate of drug-likeness (QED) is 0.717. The SMILES string of the molecule is CCC(=O)c1ccc(OC)cc1.CCCC. The lowest BCUT2D eigenvalue weighted by Crippen LogP contribution is -1.95. The first-order valence-corrected chi connectivity index (χ1v) is 5.86. The lowest BCUT2D eigenvalue weighted by atomic mass is 10.1. The number of benzene rings is 1. The molecule has 2 nitrogen and oxygen atoms in total. The van der Waals surface area contributed by atoms with Gasteiger partial charge in [0.1, 0.15) is 5.75 Å². The molecule has 0 unspecified atom stereocenters. The molecule has 0 amide bonds. The fourth-order valence-corrected chi connectivity index (χ4v) is 0.981. The van der Waals surface area contributed by atoms with Crippen molar-refractivity contribution in [3.05, 3.63) is 29.8 Å². The molecule has 0 radical (unpaired) electrons. The van der Waals surface area contributed by atoms with E-state index in [-0.39, 0.29) is 5.78 Å². The van der Waals surface area contributed by atoms with Crippen molar-refractivity contribution in [2.75, 3.05) is 7.11 Å². The molecular weight excluding hydrogens is 200 g/mol. The molecule has 0 aliphatic carbocycles. The van der Waals surface area contributed by atoms with Gasteiger partial charge in [0.2, 0.25) is 0 Å². The van der Waals surface area contributed by atoms with Crippen LogP contribution in [0.1, 0.15) is 50.4 Å². The molecule has 0 aromatic heterocycles. The van der Waals surface area contributed by atoms with Crippen LogP contribution >= 0.6 is 0 Å². The number of rotatable bonds is 4. The molecule has 0 N–H and O–H groups in total. The Labute approximate surface area is 98.6 Å². The predicted molar refractivity (Wildman–Crippen MR) is 68.2 cm³/mol. The number of unbranched alkanes of at least 4 members (excludes halogenated alkanes) is 1. The fraction of sp³-hybridized carbons (Fsp3) is 0.500. The summed E-state index contributed by atoms with van der Waals surface area (Å²) in [7, 11) is 1.61. The summed E-state index contributed by atoms with van der Waals surface area (Å²) < 4.78 is 4.97. The second-order valence-corrected chi connectivity index (χ2v) is 3.51. The minimum absolute atomic E-state index is 0.164. The van der Waals surface area contributed by atoms with Gasteiger partial charge in [-0.2, -0.15) is 0 Å². The Bertz CT molecular complexity index is 286. The summed E-state index contributed by atoms with van der Waals surface area (Å²) in [5.74, 6) is 0.945. The maximum atomic E-state index is 11.2. The van der Waals surface area contributed by atoms with Crippen LogP contribution in [-0.2, 0) is 0 Å². The molecule has 0 saturated heterocycles. The summed E-state index contributed by atoms with van der Waals surface area (Å²) in [6.45, 7) is 6.21. The second kappa shape index (κ2) is 8.96. The van der Waals surface area contributed by atoms with E-state index in [1.807, 2.05) is 6.92 Å². The highest BCUT2D eigenvalue weighted by molar-refractivity contribution is 5.95. The van der Waals surface area contributed by atoms with Gasteiger partial charge < -0.3 is 4.74 Å². The molecule has 2 heteroatoms. The number of Topliss-reactive ketones (excluding diaryl/α,β-unsaturated/α-hetero) is 1. The van der Waals surface area contributed by atoms with Gasteiger partial charge in [-0.15, -0.1) is 0 Å². The van der Waals surface area contributed by atoms with E-state index in [1.54, 1.807) is 31.4 Å². The number of carbonyl (C=O) groups is 1. The fourth-order valence-electron chi connectivity index (χ4n) is 0.981. The molecule has 0 spiro atoms. The molecule has 16 heavy (non-hydrogen) atoms. The summed E-state index contributed by atoms with van der Waals surface area (Å²) in [5.41, 5.74) is 0.748. The van der Waals surface area contributed by atoms with Gasteiger partial charge in [0.25, 0.3) is 0 Å². The number of hydrogen-bond acceptors (Lipinski definition) is 2. The molecule has 0 bridgehead atoms. The van der Waals surface area contributed by atoms with Gasteiger partial charge in [-0.1, -0.05) is 33.6 Å². The molecule has 1 rings (SSSR count). The average molecular weight is 222 g/mol. The summed E-state index contributed by atoms with van der Waals surface area (Å²) in [4.78, 5) is 11.2. The van der Waals surface area contributed by atoms with Crippen LogP contribution in [0.3, 0.4) is 0 Å². The summed E-state index contributed by atoms with van der Waals surface area (Å²) in [6, 6.07) is 7.15. The Kier molecular flexibility index (Phi) is 8.22. The Morgan fingerprint density at radius 1 is 1.06 bits per heavy atom. The van der Waals surface area contributed by atoms with Gasteiger partial charge in [-0.3, -0.25) is 4.79 Å². The van der Waals surface area contributed by atoms with Gasteiger partial charge in [0.15, 0.2) is 5.78 Å². The Morgan fingerprint density at radius 2 is 1.56 bits per heavy atom. The number of ether oxygens (including phenoxy) is 1. The highest BCUT2D eigenvalue weighted by Crippen LogP contribution is 2.12. The van der Waals surface area contributed by atoms with E-state index in [1.165, 1.54) is 12.8 Å². The van der Waals surface area contributed by atoms with Crippen LogP contribution in [0.5, 0.6) is 5.75 Å². The highest BCUT2D eigenvalue weighted by Gasteiger charge is 2.01. The minimum Gasteiger partial charge on any atom is -0.497 e. The third-order valence-electron chi connectivity index (χ3n) is 2.23. The smallest absolute Gasteiger partial charge is 0.162 e. The van der Waals surface area contributed by atoms with Crippen molar-refractivity contribution in [3.63, 3.8) is 0 Å². The first-order chi connectivity index (χ1) is 7.69. The van der Waals surface area contributed by atoms with Crippen LogP contribution in [0.25, 0.3) is 0 Å². The van der Waals surface area contributed by atoms with Crippen molar-refractivity contribution < 1.29 is 9.53 Å². The molecule has 1 aromatic rings. The monoisotopic (exact) mass is 222 g/mol. The minimum atomic E-state index is 0.164. The molecule has 0 saturated carbocycles. The van der Waals surface area contributed by atoms with E-state index in [0.29, 0.717) is 6.42 Å². The summed E-state index contributed by atoms with van der Waals surface area (Å²) in [6.07, 6.45) is 3.19. The lowest BCUT2D eigenvalue weighted by molar-refractivity contribution is 0.0988. The van der Waals surface area contributed by atoms with Crippen molar-refractivity contribution in [3.8, 4) is 5.75 Å². The van der Waals surface area contributed by atoms with Crippen molar-refractivity contribution >= 4 is 5.78 Å². The van der Waals surface area contributed by atoms with Crippen molar-refractivity contribution in [1.82, 2.24) is 0 Å². The molecule has 90 valence electrons. The predicted octanol–water partition coefficient (Wildman–Crippen LogP) is 4.09. The number of methoxy groups -OCH3 is 1. The first kappa shape index (κ1) is 14.7. The third-order valence-corrected chi connectivity index (χ3v) is 2.23. The van der Waals surface area contributed by atoms with Crippen LogP contribution in [0.15, 0.2) is 24.3 Å². The zero-order chi connectivity index (χ0) is 12.4. The second-order valence-electron chi connectivity index (χ2n) is 3.51. The maximum Gasteiger partial charge on any atom is 0.162 e. The third kappa shape index (κ3) is 5.54. The van der Waals surface area contributed by atoms with E-state index in [4.69, 9.17) is 4.74 Å². The Morgan fingerprint density at radius 3 is 1.88 bits per heavy atom. The van der Waals surface area contributed by atoms with Crippen LogP contribution < -0.4 is 4.74 Å². The van der Waals surface area contributed by atoms with Gasteiger partial charge in [-0.25, -0.2) is 0 Å². The number of ketones is 1. The molecule has 0 atom stereocenters. The summed E-state index contributed by atoms with van der Waals surface area (Å²) >= 11 is 0. The highest BCUT2D eigenvalue weighted by atomic mass is 16.5. The zero-order valence-corrected chi connectivity index (χ0v) is 10.7. The normalized spacial score (nSPS) is 9.00. The summed E-state index contributed by atoms with van der Waals surface area (Å²) in [5, 5.41) is 0. The molecular formula is C14H22O2. The molecule has 0 aliphatic rings. The number of carbonyl (C=O) groups excluding carboxylic acids is 1. The van der Waals surface area contributed by atoms with Gasteiger partial charge >= 0.3 is 0 Å². The Balaban J connectivity index is 0.000000487. The first-order valence-electron chi connectivity index (χ1n) is 5.86. The standard InChI is InChI=1S/C10H12O2.C4H10/c1-3-10(11)8-4-6-9(12-2)7-5-8;1-3-4-2/h4-7H,3H2,1-2H3;3-4H2,1-2H3. The lowest BCUT2D eigenvalue weighted by Gasteiger charge is -2.00. The van der Waals surface area contributed by atoms with Crippen LogP contribution in [0.4, 0.5) is 0 Å². The van der Waals surface area contributed by atoms with E-state index < -0.39 is 0 Å². The molecule has 1 aromatic carbocycles. The van der Waals surface area contributed by atoms with E-state index in [0.717, 1.165) is 11.3 Å².